The van der Waals surface area contributed by atoms with Gasteiger partial charge in [0.2, 0.25) is 5.95 Å². The molecule has 0 aliphatic carbocycles. The maximum absolute atomic E-state index is 6.25. The van der Waals surface area contributed by atoms with Gasteiger partial charge < -0.3 is 19.7 Å². The average Bonchev–Trinajstić information content (AvgIpc) is 3.32. The number of nitrogens with zero attached hydrogens (tertiary/aromatic N) is 3. The van der Waals surface area contributed by atoms with Crippen LogP contribution in [-0.2, 0) is 0 Å². The van der Waals surface area contributed by atoms with Crippen molar-refractivity contribution < 1.29 is 9.47 Å². The normalized spacial score (nSPS) is 16.4. The number of rotatable bonds is 8. The minimum Gasteiger partial charge on any atom is -0.496 e. The molecule has 4 aromatic rings. The van der Waals surface area contributed by atoms with Gasteiger partial charge in [-0.05, 0) is 69.5 Å². The van der Waals surface area contributed by atoms with Crippen molar-refractivity contribution in [2.45, 2.75) is 45.6 Å². The molecule has 0 bridgehead atoms. The second kappa shape index (κ2) is 10.8. The number of likely N-dealkylation sites (tertiary alicyclic amines) is 1. The van der Waals surface area contributed by atoms with Crippen LogP contribution < -0.4 is 14.8 Å². The number of piperidine rings is 1. The Morgan fingerprint density at radius 2 is 2.00 bits per heavy atom. The highest BCUT2D eigenvalue weighted by molar-refractivity contribution is 7.17. The third-order valence-corrected chi connectivity index (χ3v) is 7.66. The molecule has 1 aliphatic heterocycles. The lowest BCUT2D eigenvalue weighted by atomic mass is 9.90. The average molecular weight is 503 g/mol. The predicted octanol–water partition coefficient (Wildman–Crippen LogP) is 7.10. The van der Waals surface area contributed by atoms with Crippen LogP contribution in [0.2, 0.25) is 0 Å². The van der Waals surface area contributed by atoms with Gasteiger partial charge in [-0.3, -0.25) is 0 Å². The van der Waals surface area contributed by atoms with Crippen molar-refractivity contribution in [3.63, 3.8) is 0 Å². The summed E-state index contributed by atoms with van der Waals surface area (Å²) >= 11 is 1.64. The van der Waals surface area contributed by atoms with E-state index in [-0.39, 0.29) is 6.10 Å². The van der Waals surface area contributed by atoms with Crippen LogP contribution >= 0.6 is 11.3 Å². The highest BCUT2D eigenvalue weighted by Crippen LogP contribution is 2.39. The van der Waals surface area contributed by atoms with Crippen LogP contribution in [0.4, 0.5) is 11.6 Å². The molecule has 7 heteroatoms. The number of methoxy groups -OCH3 is 1. The molecule has 0 saturated carbocycles. The Morgan fingerprint density at radius 1 is 1.14 bits per heavy atom. The van der Waals surface area contributed by atoms with Crippen molar-refractivity contribution >= 4 is 33.2 Å². The standard InChI is InChI=1S/C29H34N4O2S/c1-5-33-14-8-9-21(17-33)20-12-13-24(26(15-20)35-19(2)3)31-29-30-16-27-28(32-29)23(18-36-27)22-10-6-7-11-25(22)34-4/h6-7,10-13,15-16,18-19,21H,5,8-9,14,17H2,1-4H3,(H,30,31,32)/t21-/m0/s1. The van der Waals surface area contributed by atoms with E-state index in [9.17, 15) is 0 Å². The number of nitrogens with one attached hydrogen (secondary N) is 1. The van der Waals surface area contributed by atoms with Gasteiger partial charge in [0, 0.05) is 23.1 Å². The number of fused-ring (bicyclic) bond motifs is 1. The maximum atomic E-state index is 6.25. The largest absolute Gasteiger partial charge is 0.496 e. The summed E-state index contributed by atoms with van der Waals surface area (Å²) in [4.78, 5) is 12.0. The number of hydrogen-bond acceptors (Lipinski definition) is 7. The lowest BCUT2D eigenvalue weighted by Gasteiger charge is -2.32. The molecule has 1 aliphatic rings. The fraction of sp³-hybridized carbons (Fsp3) is 0.379. The van der Waals surface area contributed by atoms with Gasteiger partial charge >= 0.3 is 0 Å². The molecule has 36 heavy (non-hydrogen) atoms. The zero-order valence-electron chi connectivity index (χ0n) is 21.5. The Labute approximate surface area is 217 Å². The van der Waals surface area contributed by atoms with E-state index in [0.717, 1.165) is 51.6 Å². The topological polar surface area (TPSA) is 59.5 Å². The van der Waals surface area contributed by atoms with E-state index < -0.39 is 0 Å². The first-order valence-corrected chi connectivity index (χ1v) is 13.6. The van der Waals surface area contributed by atoms with Crippen molar-refractivity contribution in [1.82, 2.24) is 14.9 Å². The predicted molar refractivity (Wildman–Crippen MR) is 149 cm³/mol. The first-order chi connectivity index (χ1) is 17.6. The highest BCUT2D eigenvalue weighted by Gasteiger charge is 2.22. The number of likely N-dealkylation sites (N-methyl/N-ethyl adjacent to an activating group) is 1. The summed E-state index contributed by atoms with van der Waals surface area (Å²) in [5.41, 5.74) is 5.19. The summed E-state index contributed by atoms with van der Waals surface area (Å²) in [6.07, 6.45) is 4.40. The summed E-state index contributed by atoms with van der Waals surface area (Å²) < 4.78 is 12.9. The second-order valence-electron chi connectivity index (χ2n) is 9.54. The highest BCUT2D eigenvalue weighted by atomic mass is 32.1. The van der Waals surface area contributed by atoms with Crippen LogP contribution in [0.1, 0.15) is 45.1 Å². The van der Waals surface area contributed by atoms with E-state index in [4.69, 9.17) is 14.5 Å². The Hall–Kier alpha value is -3.16. The molecule has 0 amide bonds. The summed E-state index contributed by atoms with van der Waals surface area (Å²) in [5, 5.41) is 5.55. The second-order valence-corrected chi connectivity index (χ2v) is 10.4. The molecule has 0 unspecified atom stereocenters. The first-order valence-electron chi connectivity index (χ1n) is 12.7. The molecule has 0 spiro atoms. The molecule has 1 atom stereocenters. The summed E-state index contributed by atoms with van der Waals surface area (Å²) in [7, 11) is 1.70. The van der Waals surface area contributed by atoms with Crippen molar-refractivity contribution in [2.24, 2.45) is 0 Å². The van der Waals surface area contributed by atoms with Gasteiger partial charge in [0.05, 0.1) is 35.3 Å². The summed E-state index contributed by atoms with van der Waals surface area (Å²) in [6, 6.07) is 14.6. The number of thiophene rings is 1. The molecule has 1 fully saturated rings. The van der Waals surface area contributed by atoms with Crippen LogP contribution in [0.3, 0.4) is 0 Å². The Balaban J connectivity index is 1.46. The summed E-state index contributed by atoms with van der Waals surface area (Å²) in [6.45, 7) is 9.76. The van der Waals surface area contributed by atoms with E-state index in [1.165, 1.54) is 24.9 Å². The zero-order chi connectivity index (χ0) is 25.1. The molecule has 6 nitrogen and oxygen atoms in total. The van der Waals surface area contributed by atoms with Crippen LogP contribution in [0.5, 0.6) is 11.5 Å². The minimum atomic E-state index is 0.0664. The SMILES string of the molecule is CCN1CCC[C@H](c2ccc(Nc3ncc4scc(-c5ccccc5OC)c4n3)c(OC(C)C)c2)C1. The van der Waals surface area contributed by atoms with Gasteiger partial charge in [0.1, 0.15) is 11.5 Å². The van der Waals surface area contributed by atoms with E-state index in [0.29, 0.717) is 11.9 Å². The number of benzene rings is 2. The number of aromatic nitrogens is 2. The number of hydrogen-bond donors (Lipinski definition) is 1. The van der Waals surface area contributed by atoms with Crippen LogP contribution in [0.25, 0.3) is 21.3 Å². The lowest BCUT2D eigenvalue weighted by Crippen LogP contribution is -2.34. The molecule has 2 aromatic carbocycles. The Morgan fingerprint density at radius 3 is 2.81 bits per heavy atom. The van der Waals surface area contributed by atoms with Crippen LogP contribution in [0.15, 0.2) is 54.0 Å². The molecular weight excluding hydrogens is 468 g/mol. The lowest BCUT2D eigenvalue weighted by molar-refractivity contribution is 0.216. The van der Waals surface area contributed by atoms with Gasteiger partial charge in [0.15, 0.2) is 0 Å². The van der Waals surface area contributed by atoms with Gasteiger partial charge in [-0.25, -0.2) is 9.97 Å². The fourth-order valence-electron chi connectivity index (χ4n) is 4.93. The van der Waals surface area contributed by atoms with Crippen molar-refractivity contribution in [3.05, 3.63) is 59.6 Å². The van der Waals surface area contributed by atoms with E-state index in [1.807, 2.05) is 24.4 Å². The van der Waals surface area contributed by atoms with Gasteiger partial charge in [-0.1, -0.05) is 31.2 Å². The zero-order valence-corrected chi connectivity index (χ0v) is 22.3. The first kappa shape index (κ1) is 24.5. The van der Waals surface area contributed by atoms with Gasteiger partial charge in [0.25, 0.3) is 0 Å². The molecule has 188 valence electrons. The van der Waals surface area contributed by atoms with Crippen molar-refractivity contribution in [3.8, 4) is 22.6 Å². The molecule has 1 saturated heterocycles. The number of anilines is 2. The van der Waals surface area contributed by atoms with Gasteiger partial charge in [-0.2, -0.15) is 0 Å². The molecular formula is C29H34N4O2S. The third-order valence-electron chi connectivity index (χ3n) is 6.75. The molecule has 1 N–H and O–H groups in total. The molecule has 5 rings (SSSR count). The molecule has 0 radical (unpaired) electrons. The number of para-hydroxylation sites is 1. The van der Waals surface area contributed by atoms with Crippen LogP contribution in [0, 0.1) is 0 Å². The molecule has 2 aromatic heterocycles. The maximum Gasteiger partial charge on any atom is 0.227 e. The Bertz CT molecular complexity index is 1340. The van der Waals surface area contributed by atoms with Crippen molar-refractivity contribution in [2.75, 3.05) is 32.1 Å². The minimum absolute atomic E-state index is 0.0664. The molecule has 3 heterocycles. The van der Waals surface area contributed by atoms with Crippen LogP contribution in [-0.4, -0.2) is 47.7 Å². The van der Waals surface area contributed by atoms with Crippen molar-refractivity contribution in [1.29, 1.82) is 0 Å². The Kier molecular flexibility index (Phi) is 7.39. The third kappa shape index (κ3) is 5.18. The van der Waals surface area contributed by atoms with Gasteiger partial charge in [-0.15, -0.1) is 11.3 Å². The fourth-order valence-corrected chi connectivity index (χ4v) is 5.79. The quantitative estimate of drug-likeness (QED) is 0.277. The smallest absolute Gasteiger partial charge is 0.227 e. The van der Waals surface area contributed by atoms with E-state index in [2.05, 4.69) is 65.6 Å². The van der Waals surface area contributed by atoms with E-state index in [1.54, 1.807) is 18.4 Å². The summed E-state index contributed by atoms with van der Waals surface area (Å²) in [5.74, 6) is 2.75. The number of ether oxygens (including phenoxy) is 2. The van der Waals surface area contributed by atoms with E-state index >= 15 is 0 Å². The monoisotopic (exact) mass is 502 g/mol.